The quantitative estimate of drug-likeness (QED) is 0.585. The number of Topliss-reactive ketones (excluding diaryl/α,β-unsaturated/α-hetero) is 2. The molecule has 0 amide bonds. The lowest BCUT2D eigenvalue weighted by Crippen LogP contribution is -2.40. The molecule has 0 aromatic heterocycles. The Hall–Kier alpha value is -1.70. The Bertz CT molecular complexity index is 575. The van der Waals surface area contributed by atoms with Crippen LogP contribution in [-0.4, -0.2) is 11.6 Å². The second-order valence-corrected chi connectivity index (χ2v) is 3.85. The maximum atomic E-state index is 11.4. The van der Waals surface area contributed by atoms with Crippen molar-refractivity contribution in [3.63, 3.8) is 0 Å². The maximum absolute atomic E-state index is 11.4. The first kappa shape index (κ1) is 7.68. The minimum Gasteiger partial charge on any atom is -0.289 e. The van der Waals surface area contributed by atoms with E-state index in [1.807, 2.05) is 12.1 Å². The monoisotopic (exact) mass is 184 g/mol. The summed E-state index contributed by atoms with van der Waals surface area (Å²) in [5.41, 5.74) is 3.10. The Morgan fingerprint density at radius 1 is 0.786 bits per heavy atom. The molecule has 1 aromatic carbocycles. The van der Waals surface area contributed by atoms with Crippen molar-refractivity contribution in [2.75, 3.05) is 0 Å². The molecule has 0 bridgehead atoms. The summed E-state index contributed by atoms with van der Waals surface area (Å²) in [5.74, 6) is 0.241. The number of carbonyl (C=O) groups is 2. The third kappa shape index (κ3) is 0.607. The molecule has 0 saturated heterocycles. The summed E-state index contributed by atoms with van der Waals surface area (Å²) in [7, 11) is 0. The summed E-state index contributed by atoms with van der Waals surface area (Å²) in [6.07, 6.45) is 0. The van der Waals surface area contributed by atoms with Gasteiger partial charge in [0, 0.05) is 22.3 Å². The van der Waals surface area contributed by atoms with Crippen LogP contribution in [-0.2, 0) is 0 Å². The molecule has 1 aromatic rings. The molecule has 0 spiro atoms. The molecule has 0 aliphatic heterocycles. The molecular formula is C12H8O2. The number of hydrogen-bond donors (Lipinski definition) is 0. The molecule has 0 N–H and O–H groups in total. The van der Waals surface area contributed by atoms with Crippen LogP contribution in [0.2, 0.25) is 0 Å². The van der Waals surface area contributed by atoms with E-state index >= 15 is 0 Å². The first-order valence-electron chi connectivity index (χ1n) is 4.56. The molecule has 0 radical (unpaired) electrons. The maximum Gasteiger partial charge on any atom is 0.189 e. The number of benzene rings is 1. The number of ketones is 2. The van der Waals surface area contributed by atoms with Crippen molar-refractivity contribution < 1.29 is 9.59 Å². The minimum atomic E-state index is 0.120. The predicted molar refractivity (Wildman–Crippen MR) is 52.5 cm³/mol. The van der Waals surface area contributed by atoms with Crippen LogP contribution in [0.15, 0.2) is 12.1 Å². The first-order valence-corrected chi connectivity index (χ1v) is 4.56. The molecule has 0 heterocycles. The average molecular weight is 184 g/mol. The van der Waals surface area contributed by atoms with Gasteiger partial charge in [0.2, 0.25) is 0 Å². The number of carbonyl (C=O) groups excluding carboxylic acids is 2. The largest absolute Gasteiger partial charge is 0.289 e. The van der Waals surface area contributed by atoms with Crippen LogP contribution >= 0.6 is 0 Å². The third-order valence-electron chi connectivity index (χ3n) is 3.14. The van der Waals surface area contributed by atoms with Crippen LogP contribution in [0.25, 0.3) is 11.1 Å². The van der Waals surface area contributed by atoms with Gasteiger partial charge in [0.05, 0.1) is 0 Å². The fourth-order valence-electron chi connectivity index (χ4n) is 2.12. The van der Waals surface area contributed by atoms with Gasteiger partial charge in [0.25, 0.3) is 0 Å². The fourth-order valence-corrected chi connectivity index (χ4v) is 2.12. The van der Waals surface area contributed by atoms with E-state index in [4.69, 9.17) is 0 Å². The van der Waals surface area contributed by atoms with Crippen LogP contribution in [0.5, 0.6) is 0 Å². The molecular weight excluding hydrogens is 176 g/mol. The van der Waals surface area contributed by atoms with E-state index < -0.39 is 0 Å². The van der Waals surface area contributed by atoms with Crippen molar-refractivity contribution in [2.24, 2.45) is 0 Å². The molecule has 2 aliphatic carbocycles. The Labute approximate surface area is 80.6 Å². The third-order valence-corrected chi connectivity index (χ3v) is 3.14. The highest BCUT2D eigenvalue weighted by Gasteiger charge is 2.28. The van der Waals surface area contributed by atoms with E-state index in [0.29, 0.717) is 0 Å². The van der Waals surface area contributed by atoms with E-state index in [-0.39, 0.29) is 11.6 Å². The highest BCUT2D eigenvalue weighted by molar-refractivity contribution is 6.33. The molecule has 0 fully saturated rings. The Morgan fingerprint density at radius 2 is 1.14 bits per heavy atom. The van der Waals surface area contributed by atoms with Crippen LogP contribution in [0.3, 0.4) is 0 Å². The SMILES string of the molecule is CC1=c2cc3c(cc2C1=O)=C(C)C3=O. The predicted octanol–water partition coefficient (Wildman–Crippen LogP) is 0.420. The lowest BCUT2D eigenvalue weighted by molar-refractivity contribution is 0.102. The molecule has 3 rings (SSSR count). The fraction of sp³-hybridized carbons (Fsp3) is 0.167. The molecule has 68 valence electrons. The first-order chi connectivity index (χ1) is 6.61. The van der Waals surface area contributed by atoms with Crippen molar-refractivity contribution >= 4 is 22.7 Å². The lowest BCUT2D eigenvalue weighted by Gasteiger charge is -2.20. The van der Waals surface area contributed by atoms with Crippen molar-refractivity contribution in [2.45, 2.75) is 13.8 Å². The zero-order valence-corrected chi connectivity index (χ0v) is 7.97. The highest BCUT2D eigenvalue weighted by Crippen LogP contribution is 2.18. The topological polar surface area (TPSA) is 34.1 Å². The summed E-state index contributed by atoms with van der Waals surface area (Å²) >= 11 is 0. The van der Waals surface area contributed by atoms with Crippen molar-refractivity contribution in [3.8, 4) is 0 Å². The van der Waals surface area contributed by atoms with Gasteiger partial charge in [-0.1, -0.05) is 0 Å². The highest BCUT2D eigenvalue weighted by atomic mass is 16.1. The van der Waals surface area contributed by atoms with Crippen LogP contribution < -0.4 is 10.4 Å². The molecule has 2 heteroatoms. The molecule has 0 unspecified atom stereocenters. The lowest BCUT2D eigenvalue weighted by atomic mass is 9.81. The van der Waals surface area contributed by atoms with Gasteiger partial charge in [0.1, 0.15) is 0 Å². The van der Waals surface area contributed by atoms with E-state index in [1.54, 1.807) is 13.8 Å². The van der Waals surface area contributed by atoms with Crippen molar-refractivity contribution in [1.29, 1.82) is 0 Å². The minimum absolute atomic E-state index is 0.120. The van der Waals surface area contributed by atoms with E-state index in [0.717, 1.165) is 32.7 Å². The second-order valence-electron chi connectivity index (χ2n) is 3.85. The molecule has 0 saturated carbocycles. The Kier molecular flexibility index (Phi) is 1.11. The number of rotatable bonds is 0. The summed E-state index contributed by atoms with van der Waals surface area (Å²) in [6.45, 7) is 3.60. The Balaban J connectivity index is 2.49. The standard InChI is InChI=1S/C12H8O2/c1-5-7-3-10-8(6(2)12(10)14)4-9(7)11(5)13/h3-4H,1-2H3. The number of fused-ring (bicyclic) bond motifs is 2. The summed E-state index contributed by atoms with van der Waals surface area (Å²) in [6, 6.07) is 3.69. The van der Waals surface area contributed by atoms with Gasteiger partial charge in [-0.3, -0.25) is 9.59 Å². The zero-order valence-electron chi connectivity index (χ0n) is 7.97. The average Bonchev–Trinajstić information content (AvgIpc) is 2.24. The van der Waals surface area contributed by atoms with Crippen LogP contribution in [0.4, 0.5) is 0 Å². The van der Waals surface area contributed by atoms with Crippen LogP contribution in [0, 0.1) is 0 Å². The van der Waals surface area contributed by atoms with E-state index in [9.17, 15) is 9.59 Å². The van der Waals surface area contributed by atoms with Crippen LogP contribution in [0.1, 0.15) is 34.6 Å². The summed E-state index contributed by atoms with van der Waals surface area (Å²) < 4.78 is 0. The van der Waals surface area contributed by atoms with Gasteiger partial charge in [0.15, 0.2) is 11.6 Å². The smallest absolute Gasteiger partial charge is 0.189 e. The molecule has 0 atom stereocenters. The number of hydrogen-bond acceptors (Lipinski definition) is 2. The van der Waals surface area contributed by atoms with Gasteiger partial charge >= 0.3 is 0 Å². The molecule has 14 heavy (non-hydrogen) atoms. The second kappa shape index (κ2) is 2.03. The Morgan fingerprint density at radius 3 is 1.50 bits per heavy atom. The van der Waals surface area contributed by atoms with Gasteiger partial charge in [-0.05, 0) is 36.4 Å². The van der Waals surface area contributed by atoms with Gasteiger partial charge in [-0.25, -0.2) is 0 Å². The van der Waals surface area contributed by atoms with E-state index in [2.05, 4.69) is 0 Å². The van der Waals surface area contributed by atoms with Crippen molar-refractivity contribution in [3.05, 3.63) is 33.7 Å². The summed E-state index contributed by atoms with van der Waals surface area (Å²) in [5, 5.41) is 1.91. The normalized spacial score (nSPS) is 17.3. The van der Waals surface area contributed by atoms with Crippen molar-refractivity contribution in [1.82, 2.24) is 0 Å². The van der Waals surface area contributed by atoms with Gasteiger partial charge in [-0.15, -0.1) is 0 Å². The molecule has 2 aliphatic rings. The zero-order chi connectivity index (χ0) is 10.0. The summed E-state index contributed by atoms with van der Waals surface area (Å²) in [4.78, 5) is 22.8. The molecule has 2 nitrogen and oxygen atoms in total. The van der Waals surface area contributed by atoms with Gasteiger partial charge in [-0.2, -0.15) is 0 Å². The van der Waals surface area contributed by atoms with Gasteiger partial charge < -0.3 is 0 Å². The van der Waals surface area contributed by atoms with E-state index in [1.165, 1.54) is 0 Å².